The van der Waals surface area contributed by atoms with Crippen LogP contribution >= 0.6 is 11.6 Å². The van der Waals surface area contributed by atoms with Crippen molar-refractivity contribution >= 4 is 17.2 Å². The van der Waals surface area contributed by atoms with Crippen LogP contribution in [0.2, 0.25) is 5.02 Å². The highest BCUT2D eigenvalue weighted by Crippen LogP contribution is 2.38. The van der Waals surface area contributed by atoms with Crippen LogP contribution in [0.3, 0.4) is 0 Å². The van der Waals surface area contributed by atoms with Gasteiger partial charge in [-0.1, -0.05) is 41.4 Å². The molecule has 0 spiro atoms. The third-order valence-electron chi connectivity index (χ3n) is 4.54. The molecule has 0 saturated heterocycles. The largest absolute Gasteiger partial charge is 0.497 e. The molecule has 4 aromatic rings. The fourth-order valence-corrected chi connectivity index (χ4v) is 3.35. The first-order valence-electron chi connectivity index (χ1n) is 8.33. The molecule has 26 heavy (non-hydrogen) atoms. The zero-order valence-electron chi connectivity index (χ0n) is 14.8. The second-order valence-corrected chi connectivity index (χ2v) is 6.70. The van der Waals surface area contributed by atoms with Gasteiger partial charge in [0.1, 0.15) is 11.6 Å². The van der Waals surface area contributed by atoms with Gasteiger partial charge in [-0.3, -0.25) is 4.40 Å². The molecule has 0 atom stereocenters. The Labute approximate surface area is 157 Å². The molecule has 0 radical (unpaired) electrons. The van der Waals surface area contributed by atoms with Crippen LogP contribution in [-0.4, -0.2) is 21.7 Å². The minimum absolute atomic E-state index is 0.641. The number of aromatic nitrogens is 3. The molecule has 4 rings (SSSR count). The van der Waals surface area contributed by atoms with Crippen molar-refractivity contribution < 1.29 is 4.74 Å². The Balaban J connectivity index is 2.01. The van der Waals surface area contributed by atoms with E-state index in [-0.39, 0.29) is 0 Å². The van der Waals surface area contributed by atoms with Gasteiger partial charge in [-0.25, -0.2) is 0 Å². The van der Waals surface area contributed by atoms with Crippen molar-refractivity contribution in [1.29, 1.82) is 0 Å². The highest BCUT2D eigenvalue weighted by molar-refractivity contribution is 6.33. The summed E-state index contributed by atoms with van der Waals surface area (Å²) in [6, 6.07) is 16.2. The quantitative estimate of drug-likeness (QED) is 0.493. The number of hydrogen-bond acceptors (Lipinski definition) is 3. The first kappa shape index (κ1) is 16.6. The molecule has 0 unspecified atom stereocenters. The Morgan fingerprint density at radius 2 is 1.65 bits per heavy atom. The zero-order chi connectivity index (χ0) is 18.3. The first-order chi connectivity index (χ1) is 12.6. The number of aryl methyl sites for hydroxylation is 2. The number of halogens is 1. The van der Waals surface area contributed by atoms with E-state index < -0.39 is 0 Å². The lowest BCUT2D eigenvalue weighted by atomic mass is 9.95. The Kier molecular flexibility index (Phi) is 4.13. The number of ether oxygens (including phenoxy) is 1. The molecule has 5 heteroatoms. The normalized spacial score (nSPS) is 11.1. The molecule has 2 aromatic carbocycles. The number of methoxy groups -OCH3 is 1. The summed E-state index contributed by atoms with van der Waals surface area (Å²) in [5.74, 6) is 1.57. The average molecular weight is 364 g/mol. The fourth-order valence-electron chi connectivity index (χ4n) is 3.08. The van der Waals surface area contributed by atoms with Gasteiger partial charge in [0.2, 0.25) is 0 Å². The summed E-state index contributed by atoms with van der Waals surface area (Å²) in [5.41, 5.74) is 6.18. The van der Waals surface area contributed by atoms with Gasteiger partial charge in [0.15, 0.2) is 5.65 Å². The molecule has 0 N–H and O–H groups in total. The van der Waals surface area contributed by atoms with Crippen LogP contribution in [-0.2, 0) is 0 Å². The maximum Gasteiger partial charge on any atom is 0.161 e. The van der Waals surface area contributed by atoms with Crippen LogP contribution in [0.1, 0.15) is 11.4 Å². The van der Waals surface area contributed by atoms with E-state index in [1.54, 1.807) is 7.11 Å². The van der Waals surface area contributed by atoms with E-state index in [2.05, 4.69) is 47.5 Å². The zero-order valence-corrected chi connectivity index (χ0v) is 15.6. The minimum Gasteiger partial charge on any atom is -0.497 e. The van der Waals surface area contributed by atoms with Crippen LogP contribution in [0.5, 0.6) is 5.75 Å². The SMILES string of the molecule is COc1ccc(-c2cn3c(C)nnc3cc2-c2ccc(C)cc2)c(Cl)c1. The molecular formula is C21H18ClN3O. The van der Waals surface area contributed by atoms with E-state index in [1.807, 2.05) is 35.7 Å². The molecule has 0 fully saturated rings. The van der Waals surface area contributed by atoms with Crippen molar-refractivity contribution in [2.24, 2.45) is 0 Å². The number of pyridine rings is 1. The molecule has 0 bridgehead atoms. The van der Waals surface area contributed by atoms with Crippen molar-refractivity contribution in [2.45, 2.75) is 13.8 Å². The third-order valence-corrected chi connectivity index (χ3v) is 4.86. The summed E-state index contributed by atoms with van der Waals surface area (Å²) in [5, 5.41) is 9.10. The summed E-state index contributed by atoms with van der Waals surface area (Å²) in [4.78, 5) is 0. The van der Waals surface area contributed by atoms with Crippen LogP contribution < -0.4 is 4.74 Å². The van der Waals surface area contributed by atoms with Crippen molar-refractivity contribution in [2.75, 3.05) is 7.11 Å². The van der Waals surface area contributed by atoms with E-state index in [0.717, 1.165) is 39.5 Å². The van der Waals surface area contributed by atoms with Gasteiger partial charge in [-0.2, -0.15) is 0 Å². The Bertz CT molecular complexity index is 1100. The number of nitrogens with zero attached hydrogens (tertiary/aromatic N) is 3. The summed E-state index contributed by atoms with van der Waals surface area (Å²) in [7, 11) is 1.63. The van der Waals surface area contributed by atoms with Crippen LogP contribution in [0.25, 0.3) is 27.9 Å². The van der Waals surface area contributed by atoms with Crippen molar-refractivity contribution in [3.05, 3.63) is 71.1 Å². The minimum atomic E-state index is 0.641. The second-order valence-electron chi connectivity index (χ2n) is 6.29. The highest BCUT2D eigenvalue weighted by Gasteiger charge is 2.15. The lowest BCUT2D eigenvalue weighted by molar-refractivity contribution is 0.415. The molecule has 0 aliphatic heterocycles. The van der Waals surface area contributed by atoms with Gasteiger partial charge in [-0.15, -0.1) is 10.2 Å². The van der Waals surface area contributed by atoms with Crippen molar-refractivity contribution in [1.82, 2.24) is 14.6 Å². The van der Waals surface area contributed by atoms with E-state index in [9.17, 15) is 0 Å². The summed E-state index contributed by atoms with van der Waals surface area (Å²) >= 11 is 6.57. The van der Waals surface area contributed by atoms with E-state index >= 15 is 0 Å². The number of benzene rings is 2. The summed E-state index contributed by atoms with van der Waals surface area (Å²) in [6.45, 7) is 4.01. The predicted octanol–water partition coefficient (Wildman–Crippen LogP) is 5.34. The third kappa shape index (κ3) is 2.82. The molecule has 0 amide bonds. The highest BCUT2D eigenvalue weighted by atomic mass is 35.5. The lowest BCUT2D eigenvalue weighted by Gasteiger charge is -2.14. The number of hydrogen-bond donors (Lipinski definition) is 0. The molecule has 0 aliphatic carbocycles. The molecule has 2 heterocycles. The van der Waals surface area contributed by atoms with E-state index in [0.29, 0.717) is 5.02 Å². The molecule has 130 valence electrons. The second kappa shape index (κ2) is 6.46. The van der Waals surface area contributed by atoms with Gasteiger partial charge < -0.3 is 4.74 Å². The maximum absolute atomic E-state index is 6.57. The fraction of sp³-hybridized carbons (Fsp3) is 0.143. The topological polar surface area (TPSA) is 39.4 Å². The number of fused-ring (bicyclic) bond motifs is 1. The van der Waals surface area contributed by atoms with Crippen molar-refractivity contribution in [3.63, 3.8) is 0 Å². The van der Waals surface area contributed by atoms with Crippen LogP contribution in [0.4, 0.5) is 0 Å². The predicted molar refractivity (Wildman–Crippen MR) is 105 cm³/mol. The molecule has 0 aliphatic rings. The van der Waals surface area contributed by atoms with Gasteiger partial charge in [0.05, 0.1) is 12.1 Å². The van der Waals surface area contributed by atoms with Gasteiger partial charge >= 0.3 is 0 Å². The van der Waals surface area contributed by atoms with Gasteiger partial charge in [-0.05, 0) is 49.2 Å². The van der Waals surface area contributed by atoms with Crippen molar-refractivity contribution in [3.8, 4) is 28.0 Å². The molecule has 0 saturated carbocycles. The van der Waals surface area contributed by atoms with Crippen LogP contribution in [0, 0.1) is 13.8 Å². The number of rotatable bonds is 3. The van der Waals surface area contributed by atoms with Crippen LogP contribution in [0.15, 0.2) is 54.7 Å². The standard InChI is InChI=1S/C21H18ClN3O/c1-13-4-6-15(7-5-13)18-11-21-24-23-14(2)25(21)12-19(18)17-9-8-16(26-3)10-20(17)22/h4-12H,1-3H3. The van der Waals surface area contributed by atoms with Gasteiger partial charge in [0.25, 0.3) is 0 Å². The van der Waals surface area contributed by atoms with E-state index in [1.165, 1.54) is 5.56 Å². The van der Waals surface area contributed by atoms with E-state index in [4.69, 9.17) is 16.3 Å². The average Bonchev–Trinajstić information content (AvgIpc) is 3.01. The van der Waals surface area contributed by atoms with Gasteiger partial charge in [0, 0.05) is 17.3 Å². The Morgan fingerprint density at radius 1 is 0.885 bits per heavy atom. The smallest absolute Gasteiger partial charge is 0.161 e. The summed E-state index contributed by atoms with van der Waals surface area (Å²) < 4.78 is 7.26. The Morgan fingerprint density at radius 3 is 2.35 bits per heavy atom. The lowest BCUT2D eigenvalue weighted by Crippen LogP contribution is -1.94. The maximum atomic E-state index is 6.57. The molecule has 2 aromatic heterocycles. The first-order valence-corrected chi connectivity index (χ1v) is 8.71. The summed E-state index contributed by atoms with van der Waals surface area (Å²) in [6.07, 6.45) is 2.05. The molecule has 4 nitrogen and oxygen atoms in total. The Hall–Kier alpha value is -2.85. The molecular weight excluding hydrogens is 346 g/mol. The monoisotopic (exact) mass is 363 g/mol.